The quantitative estimate of drug-likeness (QED) is 0.599. The van der Waals surface area contributed by atoms with Crippen molar-refractivity contribution in [1.29, 1.82) is 0 Å². The first-order valence-corrected chi connectivity index (χ1v) is 11.1. The zero-order valence-corrected chi connectivity index (χ0v) is 18.6. The van der Waals surface area contributed by atoms with Crippen molar-refractivity contribution in [3.8, 4) is 0 Å². The van der Waals surface area contributed by atoms with E-state index in [1.165, 1.54) is 0 Å². The van der Waals surface area contributed by atoms with Crippen molar-refractivity contribution in [1.82, 2.24) is 10.3 Å². The molecule has 166 valence electrons. The molecule has 2 N–H and O–H groups in total. The first-order valence-electron chi connectivity index (χ1n) is 11.1. The first-order chi connectivity index (χ1) is 16.0. The zero-order valence-electron chi connectivity index (χ0n) is 18.6. The summed E-state index contributed by atoms with van der Waals surface area (Å²) in [5, 5.41) is 6.30. The summed E-state index contributed by atoms with van der Waals surface area (Å²) in [5.74, 6) is 0.588. The van der Waals surface area contributed by atoms with Crippen LogP contribution in [0.1, 0.15) is 48.5 Å². The number of nitrogens with zero attached hydrogens (tertiary/aromatic N) is 1. The van der Waals surface area contributed by atoms with Gasteiger partial charge in [-0.05, 0) is 49.6 Å². The van der Waals surface area contributed by atoms with Gasteiger partial charge in [0.25, 0.3) is 5.91 Å². The number of hydrogen-bond donors (Lipinski definition) is 2. The van der Waals surface area contributed by atoms with E-state index in [2.05, 4.69) is 15.6 Å². The summed E-state index contributed by atoms with van der Waals surface area (Å²) >= 11 is 0. The summed E-state index contributed by atoms with van der Waals surface area (Å²) < 4.78 is 5.59. The number of benzene rings is 1. The topological polar surface area (TPSA) is 84.2 Å². The Bertz CT molecular complexity index is 1260. The molecule has 1 aliphatic carbocycles. The molecule has 0 bridgehead atoms. The lowest BCUT2D eigenvalue weighted by Gasteiger charge is -2.36. The number of anilines is 1. The largest absolute Gasteiger partial charge is 0.469 e. The number of dihydropyridines is 1. The SMILES string of the molecule is CC1=C(C(=O)Nc2ccc(C)cn2)[C@H](c2ccccc2)C2=C(C[C@H](c3ccco3)CC2=O)N1. The van der Waals surface area contributed by atoms with Gasteiger partial charge in [0.15, 0.2) is 5.78 Å². The van der Waals surface area contributed by atoms with Crippen molar-refractivity contribution >= 4 is 17.5 Å². The second-order valence-corrected chi connectivity index (χ2v) is 8.62. The number of nitrogens with one attached hydrogen (secondary N) is 2. The molecule has 6 heteroatoms. The number of allylic oxidation sites excluding steroid dienone is 3. The Hall–Kier alpha value is -3.93. The summed E-state index contributed by atoms with van der Waals surface area (Å²) in [7, 11) is 0. The van der Waals surface area contributed by atoms with E-state index in [9.17, 15) is 9.59 Å². The maximum atomic E-state index is 13.5. The number of pyridine rings is 1. The lowest BCUT2D eigenvalue weighted by molar-refractivity contribution is -0.116. The van der Waals surface area contributed by atoms with Crippen LogP contribution in [0.3, 0.4) is 0 Å². The third-order valence-electron chi connectivity index (χ3n) is 6.30. The number of furan rings is 1. The molecule has 2 atom stereocenters. The minimum Gasteiger partial charge on any atom is -0.469 e. The Labute approximate surface area is 192 Å². The summed E-state index contributed by atoms with van der Waals surface area (Å²) in [6.45, 7) is 3.83. The molecule has 0 saturated carbocycles. The van der Waals surface area contributed by atoms with Crippen molar-refractivity contribution in [2.45, 2.75) is 38.5 Å². The molecule has 0 radical (unpaired) electrons. The van der Waals surface area contributed by atoms with Crippen molar-refractivity contribution in [2.75, 3.05) is 5.32 Å². The number of aryl methyl sites for hydroxylation is 1. The number of carbonyl (C=O) groups excluding carboxylic acids is 2. The highest BCUT2D eigenvalue weighted by atomic mass is 16.3. The van der Waals surface area contributed by atoms with Crippen molar-refractivity contribution < 1.29 is 14.0 Å². The highest BCUT2D eigenvalue weighted by Gasteiger charge is 2.41. The molecule has 0 unspecified atom stereocenters. The number of hydrogen-bond acceptors (Lipinski definition) is 5. The average molecular weight is 440 g/mol. The van der Waals surface area contributed by atoms with Crippen LogP contribution in [-0.2, 0) is 9.59 Å². The minimum absolute atomic E-state index is 0.0184. The van der Waals surface area contributed by atoms with Gasteiger partial charge < -0.3 is 15.1 Å². The molecule has 3 aromatic rings. The van der Waals surface area contributed by atoms with Crippen molar-refractivity contribution in [3.05, 3.63) is 106 Å². The number of ketones is 1. The molecule has 1 aromatic carbocycles. The van der Waals surface area contributed by atoms with Crippen LogP contribution in [0.25, 0.3) is 0 Å². The van der Waals surface area contributed by atoms with E-state index in [0.717, 1.165) is 28.3 Å². The third-order valence-corrected chi connectivity index (χ3v) is 6.30. The number of aromatic nitrogens is 1. The molecular weight excluding hydrogens is 414 g/mol. The number of Topliss-reactive ketones (excluding diaryl/α,β-unsaturated/α-hetero) is 1. The Morgan fingerprint density at radius 3 is 2.58 bits per heavy atom. The predicted molar refractivity (Wildman–Crippen MR) is 125 cm³/mol. The van der Waals surface area contributed by atoms with Gasteiger partial charge in [0, 0.05) is 47.0 Å². The van der Waals surface area contributed by atoms with E-state index in [-0.39, 0.29) is 17.6 Å². The molecule has 5 rings (SSSR count). The number of amides is 1. The van der Waals surface area contributed by atoms with Crippen LogP contribution in [-0.4, -0.2) is 16.7 Å². The van der Waals surface area contributed by atoms with E-state index in [4.69, 9.17) is 4.42 Å². The molecule has 0 fully saturated rings. The van der Waals surface area contributed by atoms with Gasteiger partial charge in [0.05, 0.1) is 6.26 Å². The summed E-state index contributed by atoms with van der Waals surface area (Å²) in [6, 6.07) is 17.2. The first kappa shape index (κ1) is 20.9. The predicted octanol–water partition coefficient (Wildman–Crippen LogP) is 4.98. The summed E-state index contributed by atoms with van der Waals surface area (Å²) in [4.78, 5) is 31.3. The van der Waals surface area contributed by atoms with Gasteiger partial charge in [0.2, 0.25) is 0 Å². The van der Waals surface area contributed by atoms with Gasteiger partial charge in [0.1, 0.15) is 11.6 Å². The molecule has 33 heavy (non-hydrogen) atoms. The van der Waals surface area contributed by atoms with Gasteiger partial charge in [-0.3, -0.25) is 9.59 Å². The molecule has 2 aliphatic rings. The van der Waals surface area contributed by atoms with E-state index in [0.29, 0.717) is 29.8 Å². The van der Waals surface area contributed by atoms with Crippen LogP contribution in [0.5, 0.6) is 0 Å². The average Bonchev–Trinajstić information content (AvgIpc) is 3.35. The van der Waals surface area contributed by atoms with Gasteiger partial charge in [-0.1, -0.05) is 36.4 Å². The Balaban J connectivity index is 1.54. The van der Waals surface area contributed by atoms with Crippen LogP contribution in [0.15, 0.2) is 94.0 Å². The fourth-order valence-corrected chi connectivity index (χ4v) is 4.77. The lowest BCUT2D eigenvalue weighted by atomic mass is 9.72. The van der Waals surface area contributed by atoms with Crippen molar-refractivity contribution in [2.24, 2.45) is 0 Å². The molecular formula is C27H25N3O3. The number of carbonyl (C=O) groups is 2. The Morgan fingerprint density at radius 2 is 1.88 bits per heavy atom. The third kappa shape index (κ3) is 4.00. The molecule has 3 heterocycles. The lowest BCUT2D eigenvalue weighted by Crippen LogP contribution is -2.37. The molecule has 2 aromatic heterocycles. The van der Waals surface area contributed by atoms with Gasteiger partial charge in [-0.15, -0.1) is 0 Å². The standard InChI is InChI=1S/C27H25N3O3/c1-16-10-11-23(28-15-16)30-27(32)24-17(2)29-20-13-19(22-9-6-12-33-22)14-21(31)26(20)25(24)18-7-4-3-5-8-18/h3-12,15,19,25,29H,13-14H2,1-2H3,(H,28,30,32)/t19-,25-/m0/s1. The molecule has 1 amide bonds. The fourth-order valence-electron chi connectivity index (χ4n) is 4.77. The van der Waals surface area contributed by atoms with Crippen LogP contribution in [0.2, 0.25) is 0 Å². The summed E-state index contributed by atoms with van der Waals surface area (Å²) in [5.41, 5.74) is 4.73. The van der Waals surface area contributed by atoms with Crippen LogP contribution < -0.4 is 10.6 Å². The highest BCUT2D eigenvalue weighted by molar-refractivity contribution is 6.09. The van der Waals surface area contributed by atoms with Gasteiger partial charge in [-0.2, -0.15) is 0 Å². The normalized spacial score (nSPS) is 20.4. The molecule has 6 nitrogen and oxygen atoms in total. The fraction of sp³-hybridized carbons (Fsp3) is 0.222. The van der Waals surface area contributed by atoms with E-state index >= 15 is 0 Å². The van der Waals surface area contributed by atoms with Crippen LogP contribution >= 0.6 is 0 Å². The van der Waals surface area contributed by atoms with Crippen LogP contribution in [0.4, 0.5) is 5.82 Å². The Kier molecular flexibility index (Phi) is 5.42. The van der Waals surface area contributed by atoms with Gasteiger partial charge in [-0.25, -0.2) is 4.98 Å². The van der Waals surface area contributed by atoms with E-state index < -0.39 is 5.92 Å². The second kappa shape index (κ2) is 8.54. The van der Waals surface area contributed by atoms with Crippen LogP contribution in [0, 0.1) is 6.92 Å². The van der Waals surface area contributed by atoms with E-state index in [1.54, 1.807) is 18.5 Å². The van der Waals surface area contributed by atoms with Crippen molar-refractivity contribution in [3.63, 3.8) is 0 Å². The zero-order chi connectivity index (χ0) is 22.9. The monoisotopic (exact) mass is 439 g/mol. The van der Waals surface area contributed by atoms with E-state index in [1.807, 2.05) is 62.4 Å². The Morgan fingerprint density at radius 1 is 1.06 bits per heavy atom. The number of rotatable bonds is 4. The molecule has 0 saturated heterocycles. The maximum Gasteiger partial charge on any atom is 0.255 e. The maximum absolute atomic E-state index is 13.5. The summed E-state index contributed by atoms with van der Waals surface area (Å²) in [6.07, 6.45) is 4.36. The highest BCUT2D eigenvalue weighted by Crippen LogP contribution is 2.45. The van der Waals surface area contributed by atoms with Gasteiger partial charge >= 0.3 is 0 Å². The molecule has 0 spiro atoms. The smallest absolute Gasteiger partial charge is 0.255 e. The molecule has 1 aliphatic heterocycles. The minimum atomic E-state index is -0.446. The second-order valence-electron chi connectivity index (χ2n) is 8.62.